The lowest BCUT2D eigenvalue weighted by molar-refractivity contribution is -0.123. The van der Waals surface area contributed by atoms with E-state index >= 15 is 0 Å². The number of hydrogen-bond acceptors (Lipinski definition) is 2. The molecule has 1 aromatic rings. The number of anilines is 1. The summed E-state index contributed by atoms with van der Waals surface area (Å²) in [5.41, 5.74) is 0.478. The summed E-state index contributed by atoms with van der Waals surface area (Å²) in [5.74, 6) is -0.210. The topological polar surface area (TPSA) is 37.4 Å². The van der Waals surface area contributed by atoms with Gasteiger partial charge in [0.15, 0.2) is 0 Å². The highest BCUT2D eigenvalue weighted by Crippen LogP contribution is 2.53. The summed E-state index contributed by atoms with van der Waals surface area (Å²) in [5, 5.41) is 0.845. The van der Waals surface area contributed by atoms with E-state index < -0.39 is 0 Å². The average molecular weight is 308 g/mol. The molecule has 0 aromatic heterocycles. The average Bonchev–Trinajstić information content (AvgIpc) is 3.02. The number of benzene rings is 1. The molecule has 1 saturated heterocycles. The van der Waals surface area contributed by atoms with E-state index in [0.717, 1.165) is 6.42 Å². The van der Waals surface area contributed by atoms with Crippen LogP contribution in [0.1, 0.15) is 6.42 Å². The molecule has 4 atom stereocenters. The van der Waals surface area contributed by atoms with Gasteiger partial charge in [-0.25, -0.2) is 4.90 Å². The van der Waals surface area contributed by atoms with Crippen molar-refractivity contribution < 1.29 is 9.59 Å². The second-order valence-electron chi connectivity index (χ2n) is 5.64. The van der Waals surface area contributed by atoms with Crippen LogP contribution in [0.15, 0.2) is 30.4 Å². The Morgan fingerprint density at radius 3 is 1.90 bits per heavy atom. The lowest BCUT2D eigenvalue weighted by Crippen LogP contribution is -2.32. The van der Waals surface area contributed by atoms with Crippen molar-refractivity contribution in [2.75, 3.05) is 4.90 Å². The van der Waals surface area contributed by atoms with E-state index in [1.54, 1.807) is 18.2 Å². The van der Waals surface area contributed by atoms with Gasteiger partial charge >= 0.3 is 0 Å². The van der Waals surface area contributed by atoms with Gasteiger partial charge in [-0.1, -0.05) is 35.4 Å². The van der Waals surface area contributed by atoms with Crippen LogP contribution in [-0.4, -0.2) is 11.8 Å². The first-order chi connectivity index (χ1) is 9.56. The third-order valence-corrected chi connectivity index (χ3v) is 5.01. The maximum atomic E-state index is 12.6. The van der Waals surface area contributed by atoms with Gasteiger partial charge in [0.2, 0.25) is 11.8 Å². The minimum absolute atomic E-state index is 0.116. The smallest absolute Gasteiger partial charge is 0.238 e. The predicted octanol–water partition coefficient (Wildman–Crippen LogP) is 3.30. The Morgan fingerprint density at radius 1 is 0.900 bits per heavy atom. The van der Waals surface area contributed by atoms with E-state index in [4.69, 9.17) is 23.2 Å². The molecule has 1 saturated carbocycles. The summed E-state index contributed by atoms with van der Waals surface area (Å²) in [6.07, 6.45) is 5.08. The van der Waals surface area contributed by atoms with Gasteiger partial charge in [-0.15, -0.1) is 0 Å². The van der Waals surface area contributed by atoms with Crippen LogP contribution in [0.2, 0.25) is 10.0 Å². The summed E-state index contributed by atoms with van der Waals surface area (Å²) in [7, 11) is 0. The molecular formula is C15H11Cl2NO2. The molecule has 20 heavy (non-hydrogen) atoms. The molecule has 5 heteroatoms. The molecule has 102 valence electrons. The number of nitrogens with zero attached hydrogens (tertiary/aromatic N) is 1. The first-order valence-corrected chi connectivity index (χ1v) is 7.34. The predicted molar refractivity (Wildman–Crippen MR) is 76.7 cm³/mol. The normalized spacial score (nSPS) is 34.2. The Hall–Kier alpha value is -1.32. The fourth-order valence-electron chi connectivity index (χ4n) is 3.83. The molecule has 2 bridgehead atoms. The maximum absolute atomic E-state index is 12.6. The Balaban J connectivity index is 1.78. The summed E-state index contributed by atoms with van der Waals surface area (Å²) in [4.78, 5) is 26.5. The fraction of sp³-hybridized carbons (Fsp3) is 0.333. The molecule has 1 aromatic carbocycles. The van der Waals surface area contributed by atoms with Gasteiger partial charge < -0.3 is 0 Å². The van der Waals surface area contributed by atoms with Crippen LogP contribution < -0.4 is 4.90 Å². The van der Waals surface area contributed by atoms with Gasteiger partial charge in [-0.2, -0.15) is 0 Å². The quantitative estimate of drug-likeness (QED) is 0.589. The Labute approximate surface area is 126 Å². The van der Waals surface area contributed by atoms with Crippen LogP contribution in [0.3, 0.4) is 0 Å². The molecule has 2 amide bonds. The molecule has 0 spiro atoms. The Morgan fingerprint density at radius 2 is 1.40 bits per heavy atom. The zero-order chi connectivity index (χ0) is 14.0. The van der Waals surface area contributed by atoms with Gasteiger partial charge in [0.1, 0.15) is 0 Å². The van der Waals surface area contributed by atoms with Gasteiger partial charge in [-0.3, -0.25) is 9.59 Å². The van der Waals surface area contributed by atoms with Gasteiger partial charge in [-0.05, 0) is 36.5 Å². The third kappa shape index (κ3) is 1.54. The van der Waals surface area contributed by atoms with Gasteiger partial charge in [0, 0.05) is 10.0 Å². The highest BCUT2D eigenvalue weighted by molar-refractivity contribution is 6.35. The zero-order valence-electron chi connectivity index (χ0n) is 10.4. The molecule has 0 radical (unpaired) electrons. The monoisotopic (exact) mass is 307 g/mol. The Kier molecular flexibility index (Phi) is 2.54. The lowest BCUT2D eigenvalue weighted by atomic mass is 9.85. The van der Waals surface area contributed by atoms with Crippen molar-refractivity contribution in [2.24, 2.45) is 23.7 Å². The number of amides is 2. The second-order valence-corrected chi connectivity index (χ2v) is 6.51. The number of carbonyl (C=O) groups is 2. The molecular weight excluding hydrogens is 297 g/mol. The molecule has 3 nitrogen and oxygen atoms in total. The lowest BCUT2D eigenvalue weighted by Gasteiger charge is -2.17. The van der Waals surface area contributed by atoms with Crippen molar-refractivity contribution in [1.82, 2.24) is 0 Å². The van der Waals surface area contributed by atoms with Crippen molar-refractivity contribution in [3.63, 3.8) is 0 Å². The summed E-state index contributed by atoms with van der Waals surface area (Å²) in [6, 6.07) is 4.81. The van der Waals surface area contributed by atoms with E-state index in [0.29, 0.717) is 15.7 Å². The number of rotatable bonds is 1. The van der Waals surface area contributed by atoms with E-state index in [1.807, 2.05) is 0 Å². The molecule has 1 aliphatic heterocycles. The van der Waals surface area contributed by atoms with Crippen molar-refractivity contribution in [1.29, 1.82) is 0 Å². The van der Waals surface area contributed by atoms with Crippen LogP contribution in [-0.2, 0) is 9.59 Å². The van der Waals surface area contributed by atoms with Crippen molar-refractivity contribution in [3.8, 4) is 0 Å². The summed E-state index contributed by atoms with van der Waals surface area (Å²) in [6.45, 7) is 0. The van der Waals surface area contributed by atoms with E-state index in [-0.39, 0.29) is 35.5 Å². The van der Waals surface area contributed by atoms with Gasteiger partial charge in [0.05, 0.1) is 17.5 Å². The van der Waals surface area contributed by atoms with E-state index in [9.17, 15) is 9.59 Å². The SMILES string of the molecule is O=C1[C@@H]2C3C=CC(C3)[C@@H]2C(=O)N1c1cc(Cl)cc(Cl)c1. The number of fused-ring (bicyclic) bond motifs is 5. The van der Waals surface area contributed by atoms with Crippen LogP contribution in [0.4, 0.5) is 5.69 Å². The second kappa shape index (κ2) is 4.09. The number of imide groups is 1. The number of carbonyl (C=O) groups excluding carboxylic acids is 2. The van der Waals surface area contributed by atoms with Crippen LogP contribution >= 0.6 is 23.2 Å². The number of halogens is 2. The standard InChI is InChI=1S/C15H11Cl2NO2/c16-9-4-10(17)6-11(5-9)18-14(19)12-7-1-2-8(3-7)13(12)15(18)20/h1-2,4-8,12-13H,3H2/t7?,8?,12-,13+. The minimum atomic E-state index is -0.199. The maximum Gasteiger partial charge on any atom is 0.238 e. The first kappa shape index (κ1) is 12.4. The molecule has 1 heterocycles. The molecule has 2 aliphatic carbocycles. The van der Waals surface area contributed by atoms with Gasteiger partial charge in [0.25, 0.3) is 0 Å². The van der Waals surface area contributed by atoms with Crippen molar-refractivity contribution in [2.45, 2.75) is 6.42 Å². The number of hydrogen-bond donors (Lipinski definition) is 0. The largest absolute Gasteiger partial charge is 0.274 e. The van der Waals surface area contributed by atoms with Crippen LogP contribution in [0.25, 0.3) is 0 Å². The summed E-state index contributed by atoms with van der Waals surface area (Å²) < 4.78 is 0. The highest BCUT2D eigenvalue weighted by Gasteiger charge is 2.59. The third-order valence-electron chi connectivity index (χ3n) is 4.58. The molecule has 4 rings (SSSR count). The molecule has 2 fully saturated rings. The highest BCUT2D eigenvalue weighted by atomic mass is 35.5. The van der Waals surface area contributed by atoms with Crippen LogP contribution in [0, 0.1) is 23.7 Å². The van der Waals surface area contributed by atoms with Crippen LogP contribution in [0.5, 0.6) is 0 Å². The first-order valence-electron chi connectivity index (χ1n) is 6.58. The van der Waals surface area contributed by atoms with Crippen molar-refractivity contribution >= 4 is 40.7 Å². The molecule has 2 unspecified atom stereocenters. The minimum Gasteiger partial charge on any atom is -0.274 e. The van der Waals surface area contributed by atoms with E-state index in [2.05, 4.69) is 12.2 Å². The summed E-state index contributed by atoms with van der Waals surface area (Å²) >= 11 is 11.9. The molecule has 0 N–H and O–H groups in total. The van der Waals surface area contributed by atoms with E-state index in [1.165, 1.54) is 4.90 Å². The number of allylic oxidation sites excluding steroid dienone is 2. The van der Waals surface area contributed by atoms with Crippen molar-refractivity contribution in [3.05, 3.63) is 40.4 Å². The zero-order valence-corrected chi connectivity index (χ0v) is 11.9. The molecule has 3 aliphatic rings. The Bertz CT molecular complexity index is 620. The fourth-order valence-corrected chi connectivity index (χ4v) is 4.34.